The number of carbonyl (C=O) groups is 1. The number of nitrogens with one attached hydrogen (secondary N) is 1. The van der Waals surface area contributed by atoms with Crippen molar-refractivity contribution in [3.8, 4) is 10.6 Å². The number of thiazole rings is 1. The minimum atomic E-state index is -3.38. The molecule has 2 fully saturated rings. The number of likely N-dealkylation sites (tertiary alicyclic amines) is 1. The van der Waals surface area contributed by atoms with Gasteiger partial charge in [0.25, 0.3) is 0 Å². The predicted molar refractivity (Wildman–Crippen MR) is 110 cm³/mol. The smallest absolute Gasteiger partial charge is 0.225 e. The lowest BCUT2D eigenvalue weighted by atomic mass is 9.84. The molecule has 9 heteroatoms. The van der Waals surface area contributed by atoms with Gasteiger partial charge >= 0.3 is 0 Å². The van der Waals surface area contributed by atoms with Crippen molar-refractivity contribution in [2.45, 2.75) is 44.2 Å². The Labute approximate surface area is 174 Å². The molecule has 156 valence electrons. The van der Waals surface area contributed by atoms with Crippen molar-refractivity contribution in [3.63, 3.8) is 0 Å². The Bertz CT molecular complexity index is 987. The number of carbonyl (C=O) groups excluding carboxylic acids is 1. The Balaban J connectivity index is 1.54. The third kappa shape index (κ3) is 4.67. The minimum Gasteiger partial charge on any atom is -0.337 e. The quantitative estimate of drug-likeness (QED) is 0.754. The molecule has 2 aliphatic rings. The molecule has 2 atom stereocenters. The Morgan fingerprint density at radius 3 is 2.62 bits per heavy atom. The predicted octanol–water partition coefficient (Wildman–Crippen LogP) is 2.81. The highest BCUT2D eigenvalue weighted by molar-refractivity contribution is 7.88. The standard InChI is InChI=1S/C20H24FN3O3S2/c1-29(26,27)23-17-9-10-24(20(25)14-3-2-4-14)18(17)11-16-12-28-19(22-16)13-5-7-15(21)8-6-13/h5-8,12,14,17-18,23H,2-4,9-11H2,1H3/t17-,18-/m1/s1. The zero-order chi connectivity index (χ0) is 20.6. The van der Waals surface area contributed by atoms with Crippen molar-refractivity contribution in [1.29, 1.82) is 0 Å². The summed E-state index contributed by atoms with van der Waals surface area (Å²) in [5.74, 6) is -0.0935. The van der Waals surface area contributed by atoms with Crippen molar-refractivity contribution >= 4 is 27.3 Å². The first-order chi connectivity index (χ1) is 13.8. The fourth-order valence-electron chi connectivity index (χ4n) is 4.02. The Kier molecular flexibility index (Phi) is 5.72. The fourth-order valence-corrected chi connectivity index (χ4v) is 5.69. The SMILES string of the molecule is CS(=O)(=O)N[C@@H]1CCN(C(=O)C2CCC2)[C@@H]1Cc1csc(-c2ccc(F)cc2)n1. The van der Waals surface area contributed by atoms with Gasteiger partial charge in [0.15, 0.2) is 0 Å². The molecular weight excluding hydrogens is 413 g/mol. The number of aromatic nitrogens is 1. The van der Waals surface area contributed by atoms with Crippen LogP contribution in [0.25, 0.3) is 10.6 Å². The Hall–Kier alpha value is -1.84. The molecule has 6 nitrogen and oxygen atoms in total. The maximum Gasteiger partial charge on any atom is 0.225 e. The first kappa shape index (κ1) is 20.4. The molecule has 0 radical (unpaired) electrons. The van der Waals surface area contributed by atoms with Crippen molar-refractivity contribution in [3.05, 3.63) is 41.2 Å². The number of benzene rings is 1. The molecule has 1 N–H and O–H groups in total. The molecule has 0 unspecified atom stereocenters. The summed E-state index contributed by atoms with van der Waals surface area (Å²) in [6, 6.07) is 5.62. The average Bonchev–Trinajstić information content (AvgIpc) is 3.21. The van der Waals surface area contributed by atoms with E-state index < -0.39 is 10.0 Å². The minimum absolute atomic E-state index is 0.0692. The number of hydrogen-bond donors (Lipinski definition) is 1. The molecule has 4 rings (SSSR count). The number of halogens is 1. The second-order valence-corrected chi connectivity index (χ2v) is 10.5. The van der Waals surface area contributed by atoms with Gasteiger partial charge in [-0.3, -0.25) is 4.79 Å². The van der Waals surface area contributed by atoms with Crippen molar-refractivity contribution < 1.29 is 17.6 Å². The van der Waals surface area contributed by atoms with E-state index in [1.54, 1.807) is 12.1 Å². The summed E-state index contributed by atoms with van der Waals surface area (Å²) in [4.78, 5) is 19.4. The van der Waals surface area contributed by atoms with Crippen LogP contribution in [0.1, 0.15) is 31.4 Å². The van der Waals surface area contributed by atoms with Gasteiger partial charge in [0.2, 0.25) is 15.9 Å². The van der Waals surface area contributed by atoms with Gasteiger partial charge in [-0.25, -0.2) is 22.5 Å². The largest absolute Gasteiger partial charge is 0.337 e. The first-order valence-corrected chi connectivity index (χ1v) is 12.6. The molecule has 1 saturated heterocycles. The summed E-state index contributed by atoms with van der Waals surface area (Å²) < 4.78 is 39.5. The van der Waals surface area contributed by atoms with Gasteiger partial charge in [-0.15, -0.1) is 11.3 Å². The van der Waals surface area contributed by atoms with Crippen molar-refractivity contribution in [2.24, 2.45) is 5.92 Å². The topological polar surface area (TPSA) is 79.4 Å². The molecule has 1 aliphatic carbocycles. The zero-order valence-corrected chi connectivity index (χ0v) is 17.8. The Morgan fingerprint density at radius 2 is 2.00 bits per heavy atom. The third-order valence-corrected chi connectivity index (χ3v) is 7.38. The van der Waals surface area contributed by atoms with Crippen LogP contribution in [0.5, 0.6) is 0 Å². The van der Waals surface area contributed by atoms with Crippen LogP contribution in [0.15, 0.2) is 29.6 Å². The first-order valence-electron chi connectivity index (χ1n) is 9.78. The number of amides is 1. The average molecular weight is 438 g/mol. The summed E-state index contributed by atoms with van der Waals surface area (Å²) in [5, 5.41) is 2.71. The number of nitrogens with zero attached hydrogens (tertiary/aromatic N) is 2. The maximum absolute atomic E-state index is 13.2. The van der Waals surface area contributed by atoms with Gasteiger partial charge in [0.05, 0.1) is 18.0 Å². The van der Waals surface area contributed by atoms with Gasteiger partial charge in [-0.2, -0.15) is 0 Å². The molecule has 1 aliphatic heterocycles. The molecule has 2 aromatic rings. The van der Waals surface area contributed by atoms with Gasteiger partial charge in [-0.05, 0) is 43.5 Å². The van der Waals surface area contributed by atoms with Crippen LogP contribution in [0.3, 0.4) is 0 Å². The molecule has 1 aromatic heterocycles. The summed E-state index contributed by atoms with van der Waals surface area (Å²) in [6.45, 7) is 0.558. The molecule has 1 amide bonds. The van der Waals surface area contributed by atoms with Gasteiger partial charge in [0, 0.05) is 35.9 Å². The van der Waals surface area contributed by atoms with E-state index in [0.29, 0.717) is 19.4 Å². The Morgan fingerprint density at radius 1 is 1.28 bits per heavy atom. The van der Waals surface area contributed by atoms with E-state index in [2.05, 4.69) is 9.71 Å². The van der Waals surface area contributed by atoms with E-state index in [4.69, 9.17) is 0 Å². The highest BCUT2D eigenvalue weighted by Gasteiger charge is 2.41. The zero-order valence-electron chi connectivity index (χ0n) is 16.2. The van der Waals surface area contributed by atoms with Crippen molar-refractivity contribution in [1.82, 2.24) is 14.6 Å². The van der Waals surface area contributed by atoms with Gasteiger partial charge in [0.1, 0.15) is 10.8 Å². The normalized spacial score (nSPS) is 22.6. The fraction of sp³-hybridized carbons (Fsp3) is 0.500. The van der Waals surface area contributed by atoms with Crippen LogP contribution in [0, 0.1) is 11.7 Å². The van der Waals surface area contributed by atoms with E-state index >= 15 is 0 Å². The van der Waals surface area contributed by atoms with E-state index in [0.717, 1.165) is 41.8 Å². The second-order valence-electron chi connectivity index (χ2n) is 7.87. The lowest BCUT2D eigenvalue weighted by Gasteiger charge is -2.34. The molecule has 0 spiro atoms. The van der Waals surface area contributed by atoms with Crippen LogP contribution < -0.4 is 4.72 Å². The van der Waals surface area contributed by atoms with E-state index in [1.807, 2.05) is 10.3 Å². The van der Waals surface area contributed by atoms with E-state index in [-0.39, 0.29) is 29.7 Å². The molecule has 1 aromatic carbocycles. The lowest BCUT2D eigenvalue weighted by molar-refractivity contribution is -0.139. The highest BCUT2D eigenvalue weighted by Crippen LogP contribution is 2.33. The third-order valence-electron chi connectivity index (χ3n) is 5.71. The summed E-state index contributed by atoms with van der Waals surface area (Å²) >= 11 is 1.46. The van der Waals surface area contributed by atoms with Gasteiger partial charge in [-0.1, -0.05) is 6.42 Å². The molecule has 1 saturated carbocycles. The van der Waals surface area contributed by atoms with Crippen LogP contribution in [0.2, 0.25) is 0 Å². The molecule has 2 heterocycles. The summed E-state index contributed by atoms with van der Waals surface area (Å²) in [5.41, 5.74) is 1.65. The summed E-state index contributed by atoms with van der Waals surface area (Å²) in [6.07, 6.45) is 5.15. The van der Waals surface area contributed by atoms with Crippen molar-refractivity contribution in [2.75, 3.05) is 12.8 Å². The van der Waals surface area contributed by atoms with Crippen LogP contribution in [0.4, 0.5) is 4.39 Å². The lowest BCUT2D eigenvalue weighted by Crippen LogP contribution is -2.49. The van der Waals surface area contributed by atoms with E-state index in [1.165, 1.54) is 23.5 Å². The van der Waals surface area contributed by atoms with Crippen LogP contribution in [-0.4, -0.2) is 49.1 Å². The number of rotatable bonds is 6. The molecule has 0 bridgehead atoms. The van der Waals surface area contributed by atoms with Crippen LogP contribution >= 0.6 is 11.3 Å². The van der Waals surface area contributed by atoms with Crippen LogP contribution in [-0.2, 0) is 21.2 Å². The molecule has 29 heavy (non-hydrogen) atoms. The summed E-state index contributed by atoms with van der Waals surface area (Å²) in [7, 11) is -3.38. The monoisotopic (exact) mass is 437 g/mol. The van der Waals surface area contributed by atoms with Gasteiger partial charge < -0.3 is 4.90 Å². The number of sulfonamides is 1. The highest BCUT2D eigenvalue weighted by atomic mass is 32.2. The number of hydrogen-bond acceptors (Lipinski definition) is 5. The van der Waals surface area contributed by atoms with E-state index in [9.17, 15) is 17.6 Å². The second kappa shape index (κ2) is 8.12. The molecular formula is C20H24FN3O3S2. The maximum atomic E-state index is 13.2.